The Morgan fingerprint density at radius 2 is 2.05 bits per heavy atom. The average molecular weight is 268 g/mol. The number of hydrogen-bond donors (Lipinski definition) is 1. The number of ether oxygens (including phenoxy) is 1. The first-order valence-corrected chi connectivity index (χ1v) is 6.46. The van der Waals surface area contributed by atoms with Gasteiger partial charge in [0.05, 0.1) is 17.4 Å². The Hall–Kier alpha value is -2.40. The summed E-state index contributed by atoms with van der Waals surface area (Å²) in [6, 6.07) is 11.8. The van der Waals surface area contributed by atoms with Crippen molar-refractivity contribution in [3.63, 3.8) is 0 Å². The quantitative estimate of drug-likeness (QED) is 0.786. The maximum absolute atomic E-state index is 5.73. The largest absolute Gasteiger partial charge is 0.486 e. The van der Waals surface area contributed by atoms with Crippen LogP contribution in [0.3, 0.4) is 0 Å². The number of aryl methyl sites for hydroxylation is 1. The summed E-state index contributed by atoms with van der Waals surface area (Å²) in [4.78, 5) is 4.20. The molecule has 3 aromatic rings. The van der Waals surface area contributed by atoms with Gasteiger partial charge in [-0.15, -0.1) is 0 Å². The van der Waals surface area contributed by atoms with Gasteiger partial charge in [0.25, 0.3) is 0 Å². The normalized spacial score (nSPS) is 10.9. The van der Waals surface area contributed by atoms with E-state index in [1.54, 1.807) is 6.20 Å². The summed E-state index contributed by atoms with van der Waals surface area (Å²) in [6.07, 6.45) is 1.69. The van der Waals surface area contributed by atoms with Crippen LogP contribution in [0.2, 0.25) is 0 Å². The lowest BCUT2D eigenvalue weighted by atomic mass is 10.2. The van der Waals surface area contributed by atoms with Gasteiger partial charge in [-0.1, -0.05) is 18.2 Å². The molecule has 0 aliphatic rings. The van der Waals surface area contributed by atoms with Gasteiger partial charge in [0, 0.05) is 19.0 Å². The maximum Gasteiger partial charge on any atom is 0.138 e. The van der Waals surface area contributed by atoms with Gasteiger partial charge in [0.15, 0.2) is 0 Å². The van der Waals surface area contributed by atoms with E-state index < -0.39 is 0 Å². The van der Waals surface area contributed by atoms with Crippen molar-refractivity contribution >= 4 is 10.9 Å². The van der Waals surface area contributed by atoms with E-state index in [2.05, 4.69) is 16.1 Å². The summed E-state index contributed by atoms with van der Waals surface area (Å²) in [5.41, 5.74) is 8.38. The smallest absolute Gasteiger partial charge is 0.138 e. The van der Waals surface area contributed by atoms with Crippen LogP contribution in [0, 0.1) is 0 Å². The number of para-hydroxylation sites is 1. The third-order valence-corrected chi connectivity index (χ3v) is 3.22. The minimum atomic E-state index is 0.422. The van der Waals surface area contributed by atoms with Gasteiger partial charge in [0.2, 0.25) is 0 Å². The fraction of sp³-hybridized carbons (Fsp3) is 0.200. The Morgan fingerprint density at radius 3 is 2.80 bits per heavy atom. The molecule has 2 heterocycles. The standard InChI is InChI=1S/C15H16N4O/c1-19-15-5-3-2-4-13(15)14(18-19)10-20-12-7-6-11(8-16)17-9-12/h2-7,9H,8,10,16H2,1H3. The molecule has 20 heavy (non-hydrogen) atoms. The molecule has 0 unspecified atom stereocenters. The number of fused-ring (bicyclic) bond motifs is 1. The molecule has 0 atom stereocenters. The fourth-order valence-electron chi connectivity index (χ4n) is 2.16. The molecule has 5 heteroatoms. The molecule has 0 bridgehead atoms. The van der Waals surface area contributed by atoms with Crippen molar-refractivity contribution in [2.75, 3.05) is 0 Å². The van der Waals surface area contributed by atoms with Gasteiger partial charge in [-0.25, -0.2) is 0 Å². The van der Waals surface area contributed by atoms with Crippen LogP contribution in [-0.4, -0.2) is 14.8 Å². The second-order valence-electron chi connectivity index (χ2n) is 4.57. The van der Waals surface area contributed by atoms with Gasteiger partial charge in [-0.3, -0.25) is 9.67 Å². The average Bonchev–Trinajstić information content (AvgIpc) is 2.83. The zero-order valence-electron chi connectivity index (χ0n) is 11.3. The van der Waals surface area contributed by atoms with Crippen molar-refractivity contribution in [1.82, 2.24) is 14.8 Å². The Morgan fingerprint density at radius 1 is 1.20 bits per heavy atom. The van der Waals surface area contributed by atoms with Crippen LogP contribution >= 0.6 is 0 Å². The molecule has 2 N–H and O–H groups in total. The first kappa shape index (κ1) is 12.6. The molecular formula is C15H16N4O. The zero-order chi connectivity index (χ0) is 13.9. The third-order valence-electron chi connectivity index (χ3n) is 3.22. The summed E-state index contributed by atoms with van der Waals surface area (Å²) in [7, 11) is 1.93. The van der Waals surface area contributed by atoms with E-state index in [0.29, 0.717) is 13.2 Å². The molecule has 0 saturated carbocycles. The molecule has 0 saturated heterocycles. The van der Waals surface area contributed by atoms with E-state index in [1.165, 1.54) is 0 Å². The number of nitrogens with zero attached hydrogens (tertiary/aromatic N) is 3. The zero-order valence-corrected chi connectivity index (χ0v) is 11.3. The van der Waals surface area contributed by atoms with Crippen molar-refractivity contribution in [3.05, 3.63) is 54.0 Å². The number of hydrogen-bond acceptors (Lipinski definition) is 4. The van der Waals surface area contributed by atoms with E-state index in [0.717, 1.165) is 28.0 Å². The second kappa shape index (κ2) is 5.30. The lowest BCUT2D eigenvalue weighted by Crippen LogP contribution is -2.01. The minimum Gasteiger partial charge on any atom is -0.486 e. The number of aromatic nitrogens is 3. The molecule has 0 spiro atoms. The van der Waals surface area contributed by atoms with Crippen LogP contribution in [0.5, 0.6) is 5.75 Å². The number of benzene rings is 1. The first-order chi connectivity index (χ1) is 9.78. The molecule has 2 aromatic heterocycles. The lowest BCUT2D eigenvalue weighted by Gasteiger charge is -2.04. The van der Waals surface area contributed by atoms with Gasteiger partial charge >= 0.3 is 0 Å². The van der Waals surface area contributed by atoms with Crippen molar-refractivity contribution in [2.24, 2.45) is 12.8 Å². The van der Waals surface area contributed by atoms with Crippen molar-refractivity contribution in [3.8, 4) is 5.75 Å². The van der Waals surface area contributed by atoms with Gasteiger partial charge < -0.3 is 10.5 Å². The molecule has 0 aliphatic heterocycles. The summed E-state index contributed by atoms with van der Waals surface area (Å²) in [6.45, 7) is 0.857. The fourth-order valence-corrected chi connectivity index (χ4v) is 2.16. The van der Waals surface area contributed by atoms with Crippen LogP contribution in [0.1, 0.15) is 11.4 Å². The van der Waals surface area contributed by atoms with E-state index in [-0.39, 0.29) is 0 Å². The predicted octanol–water partition coefficient (Wildman–Crippen LogP) is 2.01. The molecular weight excluding hydrogens is 252 g/mol. The van der Waals surface area contributed by atoms with Crippen LogP contribution in [0.4, 0.5) is 0 Å². The van der Waals surface area contributed by atoms with E-state index in [4.69, 9.17) is 10.5 Å². The van der Waals surface area contributed by atoms with E-state index >= 15 is 0 Å². The summed E-state index contributed by atoms with van der Waals surface area (Å²) in [5.74, 6) is 0.719. The van der Waals surface area contributed by atoms with Crippen LogP contribution in [0.25, 0.3) is 10.9 Å². The van der Waals surface area contributed by atoms with Crippen molar-refractivity contribution in [2.45, 2.75) is 13.2 Å². The second-order valence-corrected chi connectivity index (χ2v) is 4.57. The monoisotopic (exact) mass is 268 g/mol. The lowest BCUT2D eigenvalue weighted by molar-refractivity contribution is 0.300. The Labute approximate surface area is 117 Å². The minimum absolute atomic E-state index is 0.422. The predicted molar refractivity (Wildman–Crippen MR) is 77.2 cm³/mol. The highest BCUT2D eigenvalue weighted by molar-refractivity contribution is 5.81. The molecule has 1 aromatic carbocycles. The Bertz CT molecular complexity index is 718. The molecule has 0 radical (unpaired) electrons. The van der Waals surface area contributed by atoms with Crippen LogP contribution in [-0.2, 0) is 20.2 Å². The van der Waals surface area contributed by atoms with Gasteiger partial charge in [-0.2, -0.15) is 5.10 Å². The SMILES string of the molecule is Cn1nc(COc2ccc(CN)nc2)c2ccccc21. The van der Waals surface area contributed by atoms with E-state index in [9.17, 15) is 0 Å². The molecule has 0 amide bonds. The summed E-state index contributed by atoms with van der Waals surface area (Å²) >= 11 is 0. The highest BCUT2D eigenvalue weighted by Crippen LogP contribution is 2.19. The molecule has 0 aliphatic carbocycles. The third kappa shape index (κ3) is 2.35. The van der Waals surface area contributed by atoms with Gasteiger partial charge in [0.1, 0.15) is 18.1 Å². The van der Waals surface area contributed by atoms with E-state index in [1.807, 2.05) is 42.1 Å². The molecule has 0 fully saturated rings. The number of nitrogens with two attached hydrogens (primary N) is 1. The Kier molecular flexibility index (Phi) is 3.35. The number of pyridine rings is 1. The van der Waals surface area contributed by atoms with Crippen LogP contribution < -0.4 is 10.5 Å². The first-order valence-electron chi connectivity index (χ1n) is 6.46. The summed E-state index contributed by atoms with van der Waals surface area (Å²) < 4.78 is 7.60. The van der Waals surface area contributed by atoms with Crippen LogP contribution in [0.15, 0.2) is 42.6 Å². The molecule has 102 valence electrons. The number of rotatable bonds is 4. The molecule has 3 rings (SSSR count). The van der Waals surface area contributed by atoms with Gasteiger partial charge in [-0.05, 0) is 18.2 Å². The van der Waals surface area contributed by atoms with Crippen molar-refractivity contribution in [1.29, 1.82) is 0 Å². The van der Waals surface area contributed by atoms with Crippen molar-refractivity contribution < 1.29 is 4.74 Å². The highest BCUT2D eigenvalue weighted by Gasteiger charge is 2.08. The topological polar surface area (TPSA) is 66.0 Å². The highest BCUT2D eigenvalue weighted by atomic mass is 16.5. The molecule has 5 nitrogen and oxygen atoms in total. The Balaban J connectivity index is 1.79. The maximum atomic E-state index is 5.73. The summed E-state index contributed by atoms with van der Waals surface area (Å²) in [5, 5.41) is 5.60.